The maximum atomic E-state index is 12.7. The van der Waals surface area contributed by atoms with Gasteiger partial charge in [0.15, 0.2) is 0 Å². The Bertz CT molecular complexity index is 774. The number of hydrogen-bond acceptors (Lipinski definition) is 6. The average molecular weight is 426 g/mol. The number of carbonyl (C=O) groups excluding carboxylic acids is 2. The third-order valence-corrected chi connectivity index (χ3v) is 4.29. The van der Waals surface area contributed by atoms with Crippen molar-refractivity contribution in [1.29, 1.82) is 0 Å². The maximum absolute atomic E-state index is 12.7. The van der Waals surface area contributed by atoms with Crippen LogP contribution in [0.15, 0.2) is 22.6 Å². The maximum Gasteiger partial charge on any atom is 0.425 e. The standard InChI is InChI=1S/C20H31N3O5S/c1-18(2,3)27-16(24)23(17(25)28-19(4,5)6)15-12-10-11-14(22-15)13-21-29(26)20(7,8)9/h10-13H,1-9H3. The normalized spacial score (nSPS) is 13.8. The van der Waals surface area contributed by atoms with Crippen LogP contribution in [-0.4, -0.2) is 43.5 Å². The van der Waals surface area contributed by atoms with Crippen LogP contribution in [0.3, 0.4) is 0 Å². The lowest BCUT2D eigenvalue weighted by Gasteiger charge is -2.28. The summed E-state index contributed by atoms with van der Waals surface area (Å²) in [5.41, 5.74) is -1.31. The van der Waals surface area contributed by atoms with Gasteiger partial charge in [0.1, 0.15) is 28.0 Å². The van der Waals surface area contributed by atoms with E-state index in [1.807, 2.05) is 0 Å². The Balaban J connectivity index is 3.28. The van der Waals surface area contributed by atoms with Gasteiger partial charge < -0.3 is 9.47 Å². The molecule has 0 spiro atoms. The van der Waals surface area contributed by atoms with E-state index in [0.29, 0.717) is 5.69 Å². The number of hydrogen-bond donors (Lipinski definition) is 0. The van der Waals surface area contributed by atoms with Gasteiger partial charge in [-0.15, -0.1) is 0 Å². The molecule has 0 aromatic carbocycles. The van der Waals surface area contributed by atoms with E-state index < -0.39 is 39.1 Å². The summed E-state index contributed by atoms with van der Waals surface area (Å²) < 4.78 is 26.3. The van der Waals surface area contributed by atoms with Crippen LogP contribution in [0.4, 0.5) is 15.4 Å². The fourth-order valence-corrected chi connectivity index (χ4v) is 2.29. The van der Waals surface area contributed by atoms with E-state index in [9.17, 15) is 13.8 Å². The van der Waals surface area contributed by atoms with Crippen molar-refractivity contribution in [2.24, 2.45) is 4.40 Å². The molecule has 0 aliphatic heterocycles. The first-order chi connectivity index (χ1) is 13.0. The summed E-state index contributed by atoms with van der Waals surface area (Å²) in [4.78, 5) is 30.4. The molecule has 0 aliphatic rings. The molecule has 2 amide bonds. The van der Waals surface area contributed by atoms with E-state index in [4.69, 9.17) is 9.47 Å². The van der Waals surface area contributed by atoms with Gasteiger partial charge in [-0.3, -0.25) is 0 Å². The van der Waals surface area contributed by atoms with E-state index in [-0.39, 0.29) is 5.82 Å². The van der Waals surface area contributed by atoms with Crippen molar-refractivity contribution in [3.8, 4) is 0 Å². The lowest BCUT2D eigenvalue weighted by Crippen LogP contribution is -2.44. The quantitative estimate of drug-likeness (QED) is 0.654. The predicted molar refractivity (Wildman–Crippen MR) is 115 cm³/mol. The lowest BCUT2D eigenvalue weighted by molar-refractivity contribution is 0.0429. The van der Waals surface area contributed by atoms with E-state index in [0.717, 1.165) is 4.90 Å². The van der Waals surface area contributed by atoms with Crippen LogP contribution < -0.4 is 4.90 Å². The molecule has 1 rings (SSSR count). The topological polar surface area (TPSA) is 98.2 Å². The Morgan fingerprint density at radius 3 is 1.86 bits per heavy atom. The van der Waals surface area contributed by atoms with Gasteiger partial charge in [0.2, 0.25) is 0 Å². The predicted octanol–water partition coefficient (Wildman–Crippen LogP) is 4.64. The Morgan fingerprint density at radius 2 is 1.45 bits per heavy atom. The van der Waals surface area contributed by atoms with Crippen LogP contribution in [0.1, 0.15) is 68.0 Å². The van der Waals surface area contributed by atoms with Crippen LogP contribution >= 0.6 is 0 Å². The van der Waals surface area contributed by atoms with Crippen molar-refractivity contribution >= 4 is 35.2 Å². The first kappa shape index (κ1) is 24.7. The van der Waals surface area contributed by atoms with Crippen LogP contribution in [0.2, 0.25) is 0 Å². The summed E-state index contributed by atoms with van der Waals surface area (Å²) in [6.45, 7) is 15.6. The minimum absolute atomic E-state index is 0.0130. The SMILES string of the molecule is CC(C)(C)OC(=O)N(C(=O)OC(C)(C)C)c1cccc(C=NS(=O)C(C)(C)C)n1. The molecular weight excluding hydrogens is 394 g/mol. The highest BCUT2D eigenvalue weighted by Crippen LogP contribution is 2.20. The van der Waals surface area contributed by atoms with E-state index in [2.05, 4.69) is 9.38 Å². The van der Waals surface area contributed by atoms with Gasteiger partial charge >= 0.3 is 12.2 Å². The number of amides is 2. The average Bonchev–Trinajstić information content (AvgIpc) is 2.48. The van der Waals surface area contributed by atoms with Crippen molar-refractivity contribution in [2.45, 2.75) is 78.3 Å². The number of ether oxygens (including phenoxy) is 2. The van der Waals surface area contributed by atoms with Crippen molar-refractivity contribution in [3.05, 3.63) is 23.9 Å². The molecule has 0 fully saturated rings. The number of imide groups is 1. The Labute approximate surface area is 175 Å². The molecule has 1 heterocycles. The highest BCUT2D eigenvalue weighted by atomic mass is 32.2. The van der Waals surface area contributed by atoms with Crippen molar-refractivity contribution in [2.75, 3.05) is 4.90 Å². The molecule has 1 unspecified atom stereocenters. The number of aromatic nitrogens is 1. The molecule has 0 N–H and O–H groups in total. The zero-order valence-electron chi connectivity index (χ0n) is 18.6. The first-order valence-corrected chi connectivity index (χ1v) is 10.3. The Kier molecular flexibility index (Phi) is 7.70. The minimum atomic E-state index is -1.47. The molecule has 162 valence electrons. The van der Waals surface area contributed by atoms with Gasteiger partial charge in [-0.05, 0) is 74.4 Å². The summed E-state index contributed by atoms with van der Waals surface area (Å²) in [7, 11) is -1.47. The highest BCUT2D eigenvalue weighted by molar-refractivity contribution is 7.85. The molecule has 0 saturated heterocycles. The molecule has 1 aromatic heterocycles. The zero-order chi connectivity index (χ0) is 22.6. The first-order valence-electron chi connectivity index (χ1n) is 9.19. The monoisotopic (exact) mass is 425 g/mol. The molecule has 0 aliphatic carbocycles. The number of pyridine rings is 1. The summed E-state index contributed by atoms with van der Waals surface area (Å²) in [6.07, 6.45) is -0.481. The van der Waals surface area contributed by atoms with E-state index in [1.165, 1.54) is 12.3 Å². The number of rotatable bonds is 3. The number of anilines is 1. The minimum Gasteiger partial charge on any atom is -0.443 e. The van der Waals surface area contributed by atoms with Crippen LogP contribution in [-0.2, 0) is 20.5 Å². The van der Waals surface area contributed by atoms with Gasteiger partial charge in [0.05, 0.1) is 16.7 Å². The summed E-state index contributed by atoms with van der Waals surface area (Å²) in [6, 6.07) is 4.70. The van der Waals surface area contributed by atoms with Crippen LogP contribution in [0.25, 0.3) is 0 Å². The second kappa shape index (κ2) is 9.02. The van der Waals surface area contributed by atoms with Gasteiger partial charge in [0, 0.05) is 0 Å². The van der Waals surface area contributed by atoms with Crippen molar-refractivity contribution < 1.29 is 23.3 Å². The largest absolute Gasteiger partial charge is 0.443 e. The second-order valence-electron chi connectivity index (χ2n) is 9.31. The molecule has 8 nitrogen and oxygen atoms in total. The van der Waals surface area contributed by atoms with Gasteiger partial charge in [-0.1, -0.05) is 6.07 Å². The zero-order valence-corrected chi connectivity index (χ0v) is 19.4. The fourth-order valence-electron chi connectivity index (χ4n) is 1.77. The highest BCUT2D eigenvalue weighted by Gasteiger charge is 2.33. The second-order valence-corrected chi connectivity index (χ2v) is 11.2. The Hall–Kier alpha value is -2.29. The molecule has 9 heteroatoms. The molecule has 0 saturated carbocycles. The Morgan fingerprint density at radius 1 is 0.966 bits per heavy atom. The van der Waals surface area contributed by atoms with E-state index >= 15 is 0 Å². The van der Waals surface area contributed by atoms with Gasteiger partial charge in [-0.25, -0.2) is 18.8 Å². The van der Waals surface area contributed by atoms with Crippen molar-refractivity contribution in [1.82, 2.24) is 4.98 Å². The number of carbonyl (C=O) groups is 2. The smallest absolute Gasteiger partial charge is 0.425 e. The third kappa shape index (κ3) is 8.72. The summed E-state index contributed by atoms with van der Waals surface area (Å²) in [5, 5.41) is 0. The lowest BCUT2D eigenvalue weighted by atomic mass is 10.2. The van der Waals surface area contributed by atoms with Gasteiger partial charge in [-0.2, -0.15) is 9.30 Å². The van der Waals surface area contributed by atoms with Crippen LogP contribution in [0.5, 0.6) is 0 Å². The molecule has 0 bridgehead atoms. The molecular formula is C20H31N3O5S. The van der Waals surface area contributed by atoms with E-state index in [1.54, 1.807) is 74.4 Å². The molecule has 1 atom stereocenters. The van der Waals surface area contributed by atoms with Crippen LogP contribution in [0, 0.1) is 0 Å². The molecule has 0 radical (unpaired) electrons. The molecule has 1 aromatic rings. The summed E-state index contributed by atoms with van der Waals surface area (Å²) >= 11 is 0. The third-order valence-electron chi connectivity index (χ3n) is 2.94. The van der Waals surface area contributed by atoms with Crippen molar-refractivity contribution in [3.63, 3.8) is 0 Å². The fraction of sp³-hybridized carbons (Fsp3) is 0.600. The summed E-state index contributed by atoms with van der Waals surface area (Å²) in [5.74, 6) is 0.0130. The van der Waals surface area contributed by atoms with Gasteiger partial charge in [0.25, 0.3) is 0 Å². The number of nitrogens with zero attached hydrogens (tertiary/aromatic N) is 3. The molecule has 29 heavy (non-hydrogen) atoms.